The molecule has 0 aliphatic carbocycles. The Morgan fingerprint density at radius 2 is 2.00 bits per heavy atom. The van der Waals surface area contributed by atoms with Gasteiger partial charge in [-0.3, -0.25) is 9.59 Å². The number of furan rings is 1. The standard InChI is InChI=1S/C26H22BrN3O6/c1-35-19-13-16(11-17(27)23(19)31)22-21(24(32)20-12-15-5-2-3-6-18(15)36-20)25(33)26(34)30(22)9-4-8-29-10-7-28-14-29/h2-3,5-7,10-14,22,31,33H,4,8-9H2,1H3/t22-/m1/s1. The molecule has 0 bridgehead atoms. The van der Waals surface area contributed by atoms with Crippen molar-refractivity contribution in [2.75, 3.05) is 13.7 Å². The van der Waals surface area contributed by atoms with Crippen LogP contribution in [-0.2, 0) is 11.3 Å². The summed E-state index contributed by atoms with van der Waals surface area (Å²) in [6, 6.07) is 11.0. The number of halogens is 1. The van der Waals surface area contributed by atoms with Gasteiger partial charge in [-0.1, -0.05) is 18.2 Å². The van der Waals surface area contributed by atoms with Gasteiger partial charge < -0.3 is 28.8 Å². The minimum absolute atomic E-state index is 0.0145. The van der Waals surface area contributed by atoms with Gasteiger partial charge in [0.25, 0.3) is 5.91 Å². The number of ketones is 1. The van der Waals surface area contributed by atoms with Crippen LogP contribution < -0.4 is 4.74 Å². The predicted molar refractivity (Wildman–Crippen MR) is 134 cm³/mol. The quantitative estimate of drug-likeness (QED) is 0.302. The van der Waals surface area contributed by atoms with Crippen LogP contribution in [0.3, 0.4) is 0 Å². The third kappa shape index (κ3) is 4.13. The highest BCUT2D eigenvalue weighted by Crippen LogP contribution is 2.44. The van der Waals surface area contributed by atoms with Crippen molar-refractivity contribution in [1.29, 1.82) is 0 Å². The molecule has 0 fully saturated rings. The highest BCUT2D eigenvalue weighted by molar-refractivity contribution is 9.10. The number of benzene rings is 2. The van der Waals surface area contributed by atoms with Crippen LogP contribution in [0, 0.1) is 0 Å². The predicted octanol–water partition coefficient (Wildman–Crippen LogP) is 4.77. The van der Waals surface area contributed by atoms with Gasteiger partial charge in [0.1, 0.15) is 5.58 Å². The molecule has 2 aromatic carbocycles. The second-order valence-electron chi connectivity index (χ2n) is 8.35. The molecule has 0 unspecified atom stereocenters. The summed E-state index contributed by atoms with van der Waals surface area (Å²) in [5.74, 6) is -1.82. The number of rotatable bonds is 8. The summed E-state index contributed by atoms with van der Waals surface area (Å²) in [5, 5.41) is 22.0. The molecule has 2 aromatic heterocycles. The monoisotopic (exact) mass is 551 g/mol. The van der Waals surface area contributed by atoms with Gasteiger partial charge in [0.15, 0.2) is 23.0 Å². The van der Waals surface area contributed by atoms with Crippen molar-refractivity contribution in [3.05, 3.63) is 88.3 Å². The molecule has 0 saturated heterocycles. The minimum atomic E-state index is -0.924. The summed E-state index contributed by atoms with van der Waals surface area (Å²) in [7, 11) is 1.40. The number of hydrogen-bond acceptors (Lipinski definition) is 7. The van der Waals surface area contributed by atoms with E-state index in [1.807, 2.05) is 22.9 Å². The topological polar surface area (TPSA) is 118 Å². The van der Waals surface area contributed by atoms with Gasteiger partial charge in [-0.15, -0.1) is 0 Å². The van der Waals surface area contributed by atoms with Gasteiger partial charge in [-0.05, 0) is 52.2 Å². The zero-order valence-corrected chi connectivity index (χ0v) is 20.8. The van der Waals surface area contributed by atoms with Crippen molar-refractivity contribution in [1.82, 2.24) is 14.5 Å². The van der Waals surface area contributed by atoms with Gasteiger partial charge in [0.05, 0.1) is 29.5 Å². The number of Topliss-reactive ketones (excluding diaryl/α,β-unsaturated/α-hetero) is 1. The number of aliphatic hydroxyl groups is 1. The number of imidazole rings is 1. The lowest BCUT2D eigenvalue weighted by atomic mass is 9.94. The zero-order chi connectivity index (χ0) is 25.4. The molecule has 0 saturated carbocycles. The summed E-state index contributed by atoms with van der Waals surface area (Å²) in [6.45, 7) is 0.843. The molecule has 3 heterocycles. The molecule has 36 heavy (non-hydrogen) atoms. The average Bonchev–Trinajstić information content (AvgIpc) is 3.60. The maximum atomic E-state index is 13.7. The van der Waals surface area contributed by atoms with E-state index in [1.54, 1.807) is 42.9 Å². The lowest BCUT2D eigenvalue weighted by Crippen LogP contribution is -2.32. The van der Waals surface area contributed by atoms with Gasteiger partial charge in [0.2, 0.25) is 5.78 Å². The van der Waals surface area contributed by atoms with Crippen molar-refractivity contribution in [3.8, 4) is 11.5 Å². The number of ether oxygens (including phenoxy) is 1. The van der Waals surface area contributed by atoms with E-state index in [-0.39, 0.29) is 29.4 Å². The van der Waals surface area contributed by atoms with Crippen LogP contribution in [0.1, 0.15) is 28.6 Å². The van der Waals surface area contributed by atoms with Crippen molar-refractivity contribution in [2.45, 2.75) is 19.0 Å². The van der Waals surface area contributed by atoms with E-state index < -0.39 is 23.5 Å². The second-order valence-corrected chi connectivity index (χ2v) is 9.20. The molecule has 4 aromatic rings. The molecule has 10 heteroatoms. The van der Waals surface area contributed by atoms with Crippen LogP contribution in [0.5, 0.6) is 11.5 Å². The van der Waals surface area contributed by atoms with E-state index in [0.717, 1.165) is 5.39 Å². The van der Waals surface area contributed by atoms with Crippen LogP contribution in [0.15, 0.2) is 81.4 Å². The molecular formula is C26H22BrN3O6. The fourth-order valence-electron chi connectivity index (χ4n) is 4.44. The van der Waals surface area contributed by atoms with E-state index in [2.05, 4.69) is 20.9 Å². The molecule has 1 atom stereocenters. The first-order valence-corrected chi connectivity index (χ1v) is 12.0. The highest BCUT2D eigenvalue weighted by Gasteiger charge is 2.44. The van der Waals surface area contributed by atoms with E-state index in [9.17, 15) is 19.8 Å². The number of fused-ring (bicyclic) bond motifs is 1. The Morgan fingerprint density at radius 1 is 1.19 bits per heavy atom. The van der Waals surface area contributed by atoms with Gasteiger partial charge >= 0.3 is 0 Å². The molecule has 0 radical (unpaired) electrons. The zero-order valence-electron chi connectivity index (χ0n) is 19.2. The van der Waals surface area contributed by atoms with Crippen molar-refractivity contribution < 1.29 is 29.0 Å². The largest absolute Gasteiger partial charge is 0.503 e. The Labute approximate surface area is 214 Å². The third-order valence-corrected chi connectivity index (χ3v) is 6.76. The smallest absolute Gasteiger partial charge is 0.290 e. The number of aromatic nitrogens is 2. The number of para-hydroxylation sites is 1. The Balaban J connectivity index is 1.56. The number of phenols is 1. The molecule has 1 aliphatic heterocycles. The molecule has 9 nitrogen and oxygen atoms in total. The van der Waals surface area contributed by atoms with Crippen LogP contribution in [0.2, 0.25) is 0 Å². The summed E-state index contributed by atoms with van der Waals surface area (Å²) >= 11 is 3.31. The van der Waals surface area contributed by atoms with Crippen LogP contribution in [0.25, 0.3) is 11.0 Å². The number of phenolic OH excluding ortho intramolecular Hbond substituents is 1. The van der Waals surface area contributed by atoms with Crippen molar-refractivity contribution in [2.24, 2.45) is 0 Å². The minimum Gasteiger partial charge on any atom is -0.503 e. The van der Waals surface area contributed by atoms with Gasteiger partial charge in [-0.2, -0.15) is 0 Å². The van der Waals surface area contributed by atoms with Gasteiger partial charge in [0, 0.05) is 30.9 Å². The molecule has 2 N–H and O–H groups in total. The van der Waals surface area contributed by atoms with Crippen LogP contribution >= 0.6 is 15.9 Å². The van der Waals surface area contributed by atoms with E-state index in [0.29, 0.717) is 28.6 Å². The fraction of sp³-hybridized carbons (Fsp3) is 0.192. The molecule has 184 valence electrons. The summed E-state index contributed by atoms with van der Waals surface area (Å²) in [5.41, 5.74) is 0.908. The van der Waals surface area contributed by atoms with Crippen molar-refractivity contribution in [3.63, 3.8) is 0 Å². The molecule has 0 spiro atoms. The third-order valence-electron chi connectivity index (χ3n) is 6.16. The summed E-state index contributed by atoms with van der Waals surface area (Å²) in [4.78, 5) is 32.4. The Morgan fingerprint density at radius 3 is 2.72 bits per heavy atom. The van der Waals surface area contributed by atoms with Crippen LogP contribution in [0.4, 0.5) is 0 Å². The van der Waals surface area contributed by atoms with E-state index >= 15 is 0 Å². The number of amides is 1. The van der Waals surface area contributed by atoms with E-state index in [4.69, 9.17) is 9.15 Å². The van der Waals surface area contributed by atoms with Gasteiger partial charge in [-0.25, -0.2) is 4.98 Å². The normalized spacial score (nSPS) is 15.8. The first-order chi connectivity index (χ1) is 17.4. The lowest BCUT2D eigenvalue weighted by molar-refractivity contribution is -0.129. The Bertz CT molecular complexity index is 1460. The number of aromatic hydroxyl groups is 1. The average molecular weight is 552 g/mol. The van der Waals surface area contributed by atoms with Crippen LogP contribution in [-0.4, -0.2) is 50.0 Å². The summed E-state index contributed by atoms with van der Waals surface area (Å²) < 4.78 is 13.2. The SMILES string of the molecule is COc1cc([C@@H]2C(C(=O)c3cc4ccccc4o3)=C(O)C(=O)N2CCCn2ccnc2)cc(Br)c1O. The molecule has 1 amide bonds. The highest BCUT2D eigenvalue weighted by atomic mass is 79.9. The molecule has 1 aliphatic rings. The number of aliphatic hydroxyl groups excluding tert-OH is 1. The maximum absolute atomic E-state index is 13.7. The fourth-order valence-corrected chi connectivity index (χ4v) is 4.90. The lowest BCUT2D eigenvalue weighted by Gasteiger charge is -2.27. The number of carbonyl (C=O) groups excluding carboxylic acids is 2. The molecule has 5 rings (SSSR count). The second kappa shape index (κ2) is 9.54. The first kappa shape index (κ1) is 23.7. The van der Waals surface area contributed by atoms with E-state index in [1.165, 1.54) is 12.0 Å². The first-order valence-electron chi connectivity index (χ1n) is 11.2. The number of carbonyl (C=O) groups is 2. The number of nitrogens with zero attached hydrogens (tertiary/aromatic N) is 3. The molecular weight excluding hydrogens is 530 g/mol. The number of methoxy groups -OCH3 is 1. The Hall–Kier alpha value is -4.05. The van der Waals surface area contributed by atoms with Crippen molar-refractivity contribution >= 4 is 38.6 Å². The summed E-state index contributed by atoms with van der Waals surface area (Å²) in [6.07, 6.45) is 5.71. The number of hydrogen-bond donors (Lipinski definition) is 2. The Kier molecular flexibility index (Phi) is 6.27. The maximum Gasteiger partial charge on any atom is 0.290 e. The number of aryl methyl sites for hydroxylation is 1.